The summed E-state index contributed by atoms with van der Waals surface area (Å²) in [4.78, 5) is 24.7. The van der Waals surface area contributed by atoms with E-state index in [-0.39, 0.29) is 17.5 Å². The number of benzene rings is 1. The van der Waals surface area contributed by atoms with Gasteiger partial charge in [-0.2, -0.15) is 0 Å². The highest BCUT2D eigenvalue weighted by Crippen LogP contribution is 2.31. The predicted molar refractivity (Wildman–Crippen MR) is 104 cm³/mol. The third-order valence-electron chi connectivity index (χ3n) is 4.72. The third-order valence-corrected chi connectivity index (χ3v) is 7.96. The number of nitrogens with one attached hydrogen (secondary N) is 2. The maximum atomic E-state index is 13.2. The van der Waals surface area contributed by atoms with Crippen molar-refractivity contribution < 1.29 is 22.4 Å². The van der Waals surface area contributed by atoms with Crippen LogP contribution in [0.5, 0.6) is 0 Å². The van der Waals surface area contributed by atoms with Crippen LogP contribution in [0.4, 0.5) is 4.39 Å². The van der Waals surface area contributed by atoms with Gasteiger partial charge in [0.25, 0.3) is 0 Å². The molecule has 6 nitrogen and oxygen atoms in total. The zero-order valence-electron chi connectivity index (χ0n) is 15.1. The fourth-order valence-electron chi connectivity index (χ4n) is 3.21. The molecule has 0 radical (unpaired) electrons. The first-order chi connectivity index (χ1) is 13.4. The van der Waals surface area contributed by atoms with Gasteiger partial charge in [0.05, 0.1) is 4.90 Å². The Bertz CT molecular complexity index is 921. The Morgan fingerprint density at radius 1 is 1.11 bits per heavy atom. The lowest BCUT2D eigenvalue weighted by molar-refractivity contribution is -0.139. The zero-order chi connectivity index (χ0) is 20.1. The molecule has 0 unspecified atom stereocenters. The fraction of sp³-hybridized carbons (Fsp3) is 0.368. The molecular weight excluding hydrogens is 403 g/mol. The zero-order valence-corrected chi connectivity index (χ0v) is 16.7. The molecule has 0 bridgehead atoms. The lowest BCUT2D eigenvalue weighted by atomic mass is 10.2. The fourth-order valence-corrected chi connectivity index (χ4v) is 6.00. The first-order valence-electron chi connectivity index (χ1n) is 8.99. The van der Waals surface area contributed by atoms with Crippen molar-refractivity contribution in [2.75, 3.05) is 6.54 Å². The van der Waals surface area contributed by atoms with Gasteiger partial charge >= 0.3 is 11.8 Å². The lowest BCUT2D eigenvalue weighted by Gasteiger charge is -2.18. The minimum Gasteiger partial charge on any atom is -0.346 e. The van der Waals surface area contributed by atoms with Crippen LogP contribution in [-0.2, 0) is 19.4 Å². The standard InChI is InChI=1S/C19H21FN2O4S2/c20-13-7-9-15(10-8-13)28(25,26)17(16-6-3-11-27-16)12-21-18(23)19(24)22-14-4-1-2-5-14/h3,6-11,14,17H,1-2,4-5,12H2,(H,21,23)(H,22,24)/t17-/m1/s1. The average Bonchev–Trinajstić information content (AvgIpc) is 3.36. The molecule has 1 aromatic heterocycles. The van der Waals surface area contributed by atoms with Gasteiger partial charge in [0.15, 0.2) is 9.84 Å². The Morgan fingerprint density at radius 3 is 2.39 bits per heavy atom. The Labute approximate surface area is 167 Å². The van der Waals surface area contributed by atoms with Gasteiger partial charge in [-0.1, -0.05) is 18.9 Å². The number of amides is 2. The molecule has 1 heterocycles. The van der Waals surface area contributed by atoms with Gasteiger partial charge in [-0.25, -0.2) is 12.8 Å². The first-order valence-corrected chi connectivity index (χ1v) is 11.4. The van der Waals surface area contributed by atoms with Crippen molar-refractivity contribution in [3.05, 3.63) is 52.5 Å². The van der Waals surface area contributed by atoms with E-state index in [1.807, 2.05) is 0 Å². The molecule has 1 atom stereocenters. The summed E-state index contributed by atoms with van der Waals surface area (Å²) in [5, 5.41) is 5.77. The normalized spacial score (nSPS) is 15.9. The Kier molecular flexibility index (Phi) is 6.46. The largest absolute Gasteiger partial charge is 0.346 e. The van der Waals surface area contributed by atoms with Crippen LogP contribution in [0.15, 0.2) is 46.7 Å². The van der Waals surface area contributed by atoms with E-state index in [0.717, 1.165) is 37.8 Å². The molecule has 2 amide bonds. The van der Waals surface area contributed by atoms with Crippen molar-refractivity contribution in [3.63, 3.8) is 0 Å². The smallest absolute Gasteiger partial charge is 0.309 e. The molecule has 0 spiro atoms. The summed E-state index contributed by atoms with van der Waals surface area (Å²) in [5.41, 5.74) is 0. The summed E-state index contributed by atoms with van der Waals surface area (Å²) in [5.74, 6) is -2.15. The van der Waals surface area contributed by atoms with Gasteiger partial charge in [0.1, 0.15) is 11.1 Å². The molecule has 1 aliphatic rings. The van der Waals surface area contributed by atoms with Crippen LogP contribution in [0, 0.1) is 5.82 Å². The molecule has 0 saturated heterocycles. The van der Waals surface area contributed by atoms with Crippen LogP contribution in [0.2, 0.25) is 0 Å². The van der Waals surface area contributed by atoms with Gasteiger partial charge < -0.3 is 10.6 Å². The van der Waals surface area contributed by atoms with E-state index in [1.165, 1.54) is 23.5 Å². The van der Waals surface area contributed by atoms with Gasteiger partial charge in [-0.15, -0.1) is 11.3 Å². The number of carbonyl (C=O) groups excluding carboxylic acids is 2. The number of carbonyl (C=O) groups is 2. The number of rotatable bonds is 6. The van der Waals surface area contributed by atoms with Crippen LogP contribution in [-0.4, -0.2) is 32.8 Å². The van der Waals surface area contributed by atoms with E-state index in [4.69, 9.17) is 0 Å². The SMILES string of the molecule is O=C(NC[C@H](c1cccs1)S(=O)(=O)c1ccc(F)cc1)C(=O)NC1CCCC1. The molecule has 2 N–H and O–H groups in total. The van der Waals surface area contributed by atoms with Crippen LogP contribution in [0.25, 0.3) is 0 Å². The molecule has 1 fully saturated rings. The molecule has 0 aliphatic heterocycles. The van der Waals surface area contributed by atoms with Gasteiger partial charge in [-0.3, -0.25) is 9.59 Å². The van der Waals surface area contributed by atoms with Crippen molar-refractivity contribution in [2.24, 2.45) is 0 Å². The number of thiophene rings is 1. The van der Waals surface area contributed by atoms with Gasteiger partial charge in [0, 0.05) is 17.5 Å². The molecule has 1 aliphatic carbocycles. The highest BCUT2D eigenvalue weighted by molar-refractivity contribution is 7.91. The molecular formula is C19H21FN2O4S2. The summed E-state index contributed by atoms with van der Waals surface area (Å²) in [6.07, 6.45) is 3.72. The van der Waals surface area contributed by atoms with Crippen LogP contribution in [0.3, 0.4) is 0 Å². The molecule has 3 rings (SSSR count). The second-order valence-corrected chi connectivity index (χ2v) is 9.78. The van der Waals surface area contributed by atoms with Crippen molar-refractivity contribution in [2.45, 2.75) is 41.9 Å². The lowest BCUT2D eigenvalue weighted by Crippen LogP contribution is -2.45. The van der Waals surface area contributed by atoms with Gasteiger partial charge in [0.2, 0.25) is 0 Å². The number of hydrogen-bond acceptors (Lipinski definition) is 5. The summed E-state index contributed by atoms with van der Waals surface area (Å²) < 4.78 is 39.2. The van der Waals surface area contributed by atoms with Crippen molar-refractivity contribution in [3.8, 4) is 0 Å². The molecule has 150 valence electrons. The Morgan fingerprint density at radius 2 is 1.79 bits per heavy atom. The van der Waals surface area contributed by atoms with Crippen molar-refractivity contribution in [1.82, 2.24) is 10.6 Å². The second kappa shape index (κ2) is 8.83. The summed E-state index contributed by atoms with van der Waals surface area (Å²) >= 11 is 1.24. The average molecular weight is 425 g/mol. The van der Waals surface area contributed by atoms with E-state index >= 15 is 0 Å². The van der Waals surface area contributed by atoms with E-state index in [9.17, 15) is 22.4 Å². The summed E-state index contributed by atoms with van der Waals surface area (Å²) in [6.45, 7) is -0.253. The summed E-state index contributed by atoms with van der Waals surface area (Å²) in [7, 11) is -3.89. The Hall–Kier alpha value is -2.26. The van der Waals surface area contributed by atoms with E-state index in [2.05, 4.69) is 10.6 Å². The minimum absolute atomic E-state index is 0.00529. The quantitative estimate of drug-likeness (QED) is 0.551. The molecule has 9 heteroatoms. The monoisotopic (exact) mass is 424 g/mol. The van der Waals surface area contributed by atoms with E-state index < -0.39 is 32.7 Å². The highest BCUT2D eigenvalue weighted by atomic mass is 32.2. The van der Waals surface area contributed by atoms with Crippen LogP contribution >= 0.6 is 11.3 Å². The minimum atomic E-state index is -3.89. The van der Waals surface area contributed by atoms with Crippen molar-refractivity contribution in [1.29, 1.82) is 0 Å². The highest BCUT2D eigenvalue weighted by Gasteiger charge is 2.31. The topological polar surface area (TPSA) is 92.3 Å². The molecule has 28 heavy (non-hydrogen) atoms. The first kappa shape index (κ1) is 20.5. The van der Waals surface area contributed by atoms with Crippen LogP contribution in [0.1, 0.15) is 35.8 Å². The van der Waals surface area contributed by atoms with Crippen LogP contribution < -0.4 is 10.6 Å². The summed E-state index contributed by atoms with van der Waals surface area (Å²) in [6, 6.07) is 7.90. The third kappa shape index (κ3) is 4.77. The predicted octanol–water partition coefficient (Wildman–Crippen LogP) is 2.58. The number of sulfone groups is 1. The molecule has 2 aromatic rings. The molecule has 1 saturated carbocycles. The van der Waals surface area contributed by atoms with E-state index in [0.29, 0.717) is 4.88 Å². The Balaban J connectivity index is 1.73. The van der Waals surface area contributed by atoms with Gasteiger partial charge in [-0.05, 0) is 48.6 Å². The number of halogens is 1. The number of hydrogen-bond donors (Lipinski definition) is 2. The van der Waals surface area contributed by atoms with E-state index in [1.54, 1.807) is 17.5 Å². The second-order valence-electron chi connectivity index (χ2n) is 6.67. The maximum absolute atomic E-state index is 13.2. The van der Waals surface area contributed by atoms with Crippen molar-refractivity contribution >= 4 is 33.0 Å². The molecule has 1 aromatic carbocycles. The maximum Gasteiger partial charge on any atom is 0.309 e.